The fraction of sp³-hybridized carbons (Fsp3) is 0.667. The molecule has 0 amide bonds. The normalized spacial score (nSPS) is 34.4. The molecule has 0 spiro atoms. The minimum atomic E-state index is -0.545. The molecule has 1 aliphatic carbocycles. The number of nitrogens with one attached hydrogen (secondary N) is 1. The minimum absolute atomic E-state index is 0.258. The fourth-order valence-corrected chi connectivity index (χ4v) is 0.885. The molecule has 1 unspecified atom stereocenters. The lowest BCUT2D eigenvalue weighted by Gasteiger charge is -2.33. The lowest BCUT2D eigenvalue weighted by Crippen LogP contribution is -2.61. The summed E-state index contributed by atoms with van der Waals surface area (Å²) in [7, 11) is 1.68. The molecule has 0 bridgehead atoms. The van der Waals surface area contributed by atoms with Gasteiger partial charge in [0.2, 0.25) is 11.6 Å². The summed E-state index contributed by atoms with van der Waals surface area (Å²) in [4.78, 5) is 21.1. The van der Waals surface area contributed by atoms with E-state index in [9.17, 15) is 9.59 Å². The van der Waals surface area contributed by atoms with Gasteiger partial charge in [0.25, 0.3) is 0 Å². The predicted octanol–water partition coefficient (Wildman–Crippen LogP) is -0.494. The zero-order valence-corrected chi connectivity index (χ0v) is 5.52. The Morgan fingerprint density at radius 2 is 2.11 bits per heavy atom. The van der Waals surface area contributed by atoms with Crippen LogP contribution >= 0.6 is 0 Å². The molecule has 0 aromatic rings. The third-order valence-corrected chi connectivity index (χ3v) is 1.82. The van der Waals surface area contributed by atoms with Crippen molar-refractivity contribution in [1.29, 1.82) is 0 Å². The van der Waals surface area contributed by atoms with Crippen molar-refractivity contribution >= 4 is 11.6 Å². The van der Waals surface area contributed by atoms with E-state index in [4.69, 9.17) is 0 Å². The largest absolute Gasteiger partial charge is 0.307 e. The Morgan fingerprint density at radius 3 is 2.22 bits per heavy atom. The summed E-state index contributed by atoms with van der Waals surface area (Å²) in [5.74, 6) is -0.545. The van der Waals surface area contributed by atoms with E-state index in [0.717, 1.165) is 0 Å². The minimum Gasteiger partial charge on any atom is -0.307 e. The van der Waals surface area contributed by atoms with Gasteiger partial charge < -0.3 is 5.32 Å². The highest BCUT2D eigenvalue weighted by atomic mass is 16.2. The second kappa shape index (κ2) is 1.64. The Morgan fingerprint density at radius 1 is 1.56 bits per heavy atom. The average molecular weight is 127 g/mol. The number of hydrogen-bond donors (Lipinski definition) is 1. The molecule has 3 heteroatoms. The maximum absolute atomic E-state index is 10.7. The number of hydrogen-bond acceptors (Lipinski definition) is 3. The van der Waals surface area contributed by atoms with Gasteiger partial charge in [0.05, 0.1) is 5.54 Å². The zero-order chi connectivity index (χ0) is 7.07. The van der Waals surface area contributed by atoms with Gasteiger partial charge >= 0.3 is 0 Å². The van der Waals surface area contributed by atoms with Gasteiger partial charge in [-0.05, 0) is 14.0 Å². The van der Waals surface area contributed by atoms with Crippen LogP contribution in [0.5, 0.6) is 0 Å². The quantitative estimate of drug-likeness (QED) is 0.483. The summed E-state index contributed by atoms with van der Waals surface area (Å²) in [5.41, 5.74) is -0.545. The van der Waals surface area contributed by atoms with Crippen molar-refractivity contribution in [2.75, 3.05) is 7.05 Å². The SMILES string of the molecule is CNC1(C)CC(=O)C1=O. The second-order valence-electron chi connectivity index (χ2n) is 2.51. The first-order valence-electron chi connectivity index (χ1n) is 2.87. The number of ketones is 2. The molecule has 0 aliphatic heterocycles. The molecule has 0 saturated heterocycles. The van der Waals surface area contributed by atoms with Gasteiger partial charge in [-0.1, -0.05) is 0 Å². The summed E-state index contributed by atoms with van der Waals surface area (Å²) in [6.45, 7) is 1.73. The number of carbonyl (C=O) groups excluding carboxylic acids is 2. The standard InChI is InChI=1S/C6H9NO2/c1-6(7-2)3-4(8)5(6)9/h7H,3H2,1-2H3. The predicted molar refractivity (Wildman–Crippen MR) is 32.1 cm³/mol. The summed E-state index contributed by atoms with van der Waals surface area (Å²) >= 11 is 0. The van der Waals surface area contributed by atoms with E-state index in [1.807, 2.05) is 0 Å². The molecule has 50 valence electrons. The summed E-state index contributed by atoms with van der Waals surface area (Å²) in [6, 6.07) is 0. The van der Waals surface area contributed by atoms with Crippen LogP contribution in [0.3, 0.4) is 0 Å². The lowest BCUT2D eigenvalue weighted by molar-refractivity contribution is -0.148. The molecule has 3 nitrogen and oxygen atoms in total. The third-order valence-electron chi connectivity index (χ3n) is 1.82. The van der Waals surface area contributed by atoms with Crippen LogP contribution < -0.4 is 5.32 Å². The van der Waals surface area contributed by atoms with Crippen LogP contribution in [-0.4, -0.2) is 24.2 Å². The van der Waals surface area contributed by atoms with Crippen molar-refractivity contribution in [3.05, 3.63) is 0 Å². The molecule has 0 aromatic carbocycles. The van der Waals surface area contributed by atoms with E-state index in [1.54, 1.807) is 14.0 Å². The van der Waals surface area contributed by atoms with Gasteiger partial charge in [0.15, 0.2) is 0 Å². The zero-order valence-electron chi connectivity index (χ0n) is 5.52. The highest BCUT2D eigenvalue weighted by Gasteiger charge is 2.47. The summed E-state index contributed by atoms with van der Waals surface area (Å²) in [6.07, 6.45) is 0.350. The molecule has 0 heterocycles. The van der Waals surface area contributed by atoms with Gasteiger partial charge in [-0.2, -0.15) is 0 Å². The number of Topliss-reactive ketones (excluding diaryl/α,β-unsaturated/α-hetero) is 2. The van der Waals surface area contributed by atoms with E-state index < -0.39 is 5.54 Å². The first-order valence-corrected chi connectivity index (χ1v) is 2.87. The monoisotopic (exact) mass is 127 g/mol. The Balaban J connectivity index is 2.70. The van der Waals surface area contributed by atoms with Crippen molar-refractivity contribution in [1.82, 2.24) is 5.32 Å². The van der Waals surface area contributed by atoms with Crippen molar-refractivity contribution in [2.45, 2.75) is 18.9 Å². The van der Waals surface area contributed by atoms with E-state index in [0.29, 0.717) is 6.42 Å². The topological polar surface area (TPSA) is 46.2 Å². The van der Waals surface area contributed by atoms with Gasteiger partial charge in [-0.3, -0.25) is 9.59 Å². The van der Waals surface area contributed by atoms with E-state index >= 15 is 0 Å². The van der Waals surface area contributed by atoms with Crippen LogP contribution in [0, 0.1) is 0 Å². The molecule has 1 saturated carbocycles. The average Bonchev–Trinajstić information content (AvgIpc) is 1.87. The smallest absolute Gasteiger partial charge is 0.218 e. The molecule has 1 rings (SSSR count). The molecule has 1 N–H and O–H groups in total. The van der Waals surface area contributed by atoms with Crippen LogP contribution in [0.4, 0.5) is 0 Å². The van der Waals surface area contributed by atoms with E-state index in [2.05, 4.69) is 5.32 Å². The summed E-state index contributed by atoms with van der Waals surface area (Å²) in [5, 5.41) is 2.79. The van der Waals surface area contributed by atoms with Gasteiger partial charge in [0, 0.05) is 6.42 Å². The Bertz CT molecular complexity index is 176. The maximum Gasteiger partial charge on any atom is 0.218 e. The fourth-order valence-electron chi connectivity index (χ4n) is 0.885. The Labute approximate surface area is 53.4 Å². The Hall–Kier alpha value is -0.700. The van der Waals surface area contributed by atoms with Crippen LogP contribution in [0.25, 0.3) is 0 Å². The maximum atomic E-state index is 10.7. The molecular formula is C6H9NO2. The van der Waals surface area contributed by atoms with Gasteiger partial charge in [0.1, 0.15) is 0 Å². The van der Waals surface area contributed by atoms with Crippen molar-refractivity contribution in [3.8, 4) is 0 Å². The molecule has 1 aliphatic rings. The molecule has 0 aromatic heterocycles. The molecule has 1 atom stereocenters. The number of carbonyl (C=O) groups is 2. The third kappa shape index (κ3) is 0.685. The van der Waals surface area contributed by atoms with Gasteiger partial charge in [-0.25, -0.2) is 0 Å². The Kier molecular flexibility index (Phi) is 1.17. The molecule has 1 fully saturated rings. The lowest BCUT2D eigenvalue weighted by atomic mass is 9.76. The molecular weight excluding hydrogens is 118 g/mol. The van der Waals surface area contributed by atoms with Crippen LogP contribution in [-0.2, 0) is 9.59 Å². The molecule has 9 heavy (non-hydrogen) atoms. The first-order chi connectivity index (χ1) is 4.10. The second-order valence-corrected chi connectivity index (χ2v) is 2.51. The highest BCUT2D eigenvalue weighted by molar-refractivity contribution is 6.47. The summed E-state index contributed by atoms with van der Waals surface area (Å²) < 4.78 is 0. The van der Waals surface area contributed by atoms with Crippen LogP contribution in [0.2, 0.25) is 0 Å². The highest BCUT2D eigenvalue weighted by Crippen LogP contribution is 2.22. The van der Waals surface area contributed by atoms with E-state index in [-0.39, 0.29) is 11.6 Å². The number of likely N-dealkylation sites (N-methyl/N-ethyl adjacent to an activating group) is 1. The van der Waals surface area contributed by atoms with Crippen molar-refractivity contribution in [3.63, 3.8) is 0 Å². The van der Waals surface area contributed by atoms with Crippen molar-refractivity contribution < 1.29 is 9.59 Å². The number of rotatable bonds is 1. The van der Waals surface area contributed by atoms with Gasteiger partial charge in [-0.15, -0.1) is 0 Å². The van der Waals surface area contributed by atoms with Crippen LogP contribution in [0.1, 0.15) is 13.3 Å². The van der Waals surface area contributed by atoms with Crippen molar-refractivity contribution in [2.24, 2.45) is 0 Å². The van der Waals surface area contributed by atoms with E-state index in [1.165, 1.54) is 0 Å². The first kappa shape index (κ1) is 6.42. The molecule has 0 radical (unpaired) electrons. The van der Waals surface area contributed by atoms with Crippen LogP contribution in [0.15, 0.2) is 0 Å².